The van der Waals surface area contributed by atoms with Gasteiger partial charge in [0.1, 0.15) is 11.3 Å². The summed E-state index contributed by atoms with van der Waals surface area (Å²) in [5.74, 6) is 5.92. The van der Waals surface area contributed by atoms with Crippen LogP contribution in [0.5, 0.6) is 17.2 Å². The first-order valence-electron chi connectivity index (χ1n) is 5.98. The Kier molecular flexibility index (Phi) is 3.30. The number of methoxy groups -OCH3 is 1. The molecule has 1 aromatic heterocycles. The van der Waals surface area contributed by atoms with E-state index in [-0.39, 0.29) is 34.3 Å². The van der Waals surface area contributed by atoms with Gasteiger partial charge in [0.15, 0.2) is 11.3 Å². The van der Waals surface area contributed by atoms with Crippen LogP contribution >= 0.6 is 0 Å². The maximum Gasteiger partial charge on any atom is 0.203 e. The van der Waals surface area contributed by atoms with Gasteiger partial charge in [0.2, 0.25) is 5.75 Å². The first-order valence-corrected chi connectivity index (χ1v) is 5.98. The van der Waals surface area contributed by atoms with Crippen LogP contribution in [0.2, 0.25) is 0 Å². The molecular weight excluding hydrogens is 244 g/mol. The maximum atomic E-state index is 10.3. The van der Waals surface area contributed by atoms with Crippen molar-refractivity contribution >= 4 is 11.0 Å². The van der Waals surface area contributed by atoms with Crippen molar-refractivity contribution in [1.82, 2.24) is 0 Å². The number of hydrogen-bond donors (Lipinski definition) is 2. The van der Waals surface area contributed by atoms with Crippen LogP contribution in [0, 0.1) is 24.7 Å². The van der Waals surface area contributed by atoms with Crippen molar-refractivity contribution in [3.8, 4) is 29.1 Å². The van der Waals surface area contributed by atoms with Gasteiger partial charge in [-0.05, 0) is 12.5 Å². The van der Waals surface area contributed by atoms with Gasteiger partial charge >= 0.3 is 0 Å². The number of aryl methyl sites for hydroxylation is 1. The van der Waals surface area contributed by atoms with Gasteiger partial charge in [0.05, 0.1) is 18.8 Å². The molecule has 0 unspecified atom stereocenters. The fourth-order valence-electron chi connectivity index (χ4n) is 1.90. The Hall–Kier alpha value is -2.28. The van der Waals surface area contributed by atoms with Gasteiger partial charge in [-0.15, -0.1) is 0 Å². The lowest BCUT2D eigenvalue weighted by atomic mass is 10.1. The normalized spacial score (nSPS) is 10.6. The molecule has 19 heavy (non-hydrogen) atoms. The van der Waals surface area contributed by atoms with E-state index in [1.165, 1.54) is 13.4 Å². The van der Waals surface area contributed by atoms with E-state index >= 15 is 0 Å². The van der Waals surface area contributed by atoms with Gasteiger partial charge in [-0.1, -0.05) is 25.7 Å². The maximum absolute atomic E-state index is 10.3. The highest BCUT2D eigenvalue weighted by atomic mass is 16.5. The van der Waals surface area contributed by atoms with Crippen molar-refractivity contribution in [2.45, 2.75) is 20.8 Å². The Balaban J connectivity index is 2.85. The Morgan fingerprint density at radius 1 is 1.26 bits per heavy atom. The van der Waals surface area contributed by atoms with Gasteiger partial charge in [0.25, 0.3) is 0 Å². The summed E-state index contributed by atoms with van der Waals surface area (Å²) in [6, 6.07) is 0. The number of phenols is 2. The number of phenolic OH excluding ortho intramolecular Hbond substituents is 2. The first-order chi connectivity index (χ1) is 8.97. The van der Waals surface area contributed by atoms with Gasteiger partial charge in [-0.3, -0.25) is 0 Å². The molecule has 100 valence electrons. The quantitative estimate of drug-likeness (QED) is 0.610. The second-order valence-electron chi connectivity index (χ2n) is 4.65. The Morgan fingerprint density at radius 3 is 2.53 bits per heavy atom. The van der Waals surface area contributed by atoms with Crippen molar-refractivity contribution < 1.29 is 19.4 Å². The zero-order chi connectivity index (χ0) is 14.2. The minimum absolute atomic E-state index is 0.0240. The van der Waals surface area contributed by atoms with Gasteiger partial charge < -0.3 is 19.4 Å². The lowest BCUT2D eigenvalue weighted by Gasteiger charge is -2.09. The van der Waals surface area contributed by atoms with Crippen LogP contribution in [0.4, 0.5) is 0 Å². The minimum atomic E-state index is -0.142. The highest BCUT2D eigenvalue weighted by Crippen LogP contribution is 2.46. The number of aromatic hydroxyl groups is 2. The summed E-state index contributed by atoms with van der Waals surface area (Å²) < 4.78 is 10.4. The van der Waals surface area contributed by atoms with Crippen molar-refractivity contribution in [3.63, 3.8) is 0 Å². The number of benzene rings is 1. The van der Waals surface area contributed by atoms with Crippen molar-refractivity contribution in [2.24, 2.45) is 5.92 Å². The molecule has 0 saturated heterocycles. The van der Waals surface area contributed by atoms with Gasteiger partial charge in [-0.25, -0.2) is 0 Å². The molecule has 0 fully saturated rings. The topological polar surface area (TPSA) is 62.8 Å². The Labute approximate surface area is 111 Å². The smallest absolute Gasteiger partial charge is 0.203 e. The van der Waals surface area contributed by atoms with Crippen LogP contribution in [-0.2, 0) is 0 Å². The molecule has 2 aromatic rings. The highest BCUT2D eigenvalue weighted by molar-refractivity contribution is 5.96. The molecule has 2 N–H and O–H groups in total. The molecule has 2 rings (SSSR count). The lowest BCUT2D eigenvalue weighted by Crippen LogP contribution is -1.91. The SMILES string of the molecule is COc1c(C#CC(C)C)c(O)c2c(C)coc2c1O. The number of rotatable bonds is 1. The molecule has 0 amide bonds. The summed E-state index contributed by atoms with van der Waals surface area (Å²) in [4.78, 5) is 0. The molecule has 0 bridgehead atoms. The summed E-state index contributed by atoms with van der Waals surface area (Å²) in [6.07, 6.45) is 1.48. The highest BCUT2D eigenvalue weighted by Gasteiger charge is 2.22. The van der Waals surface area contributed by atoms with E-state index in [1.807, 2.05) is 13.8 Å². The van der Waals surface area contributed by atoms with Crippen molar-refractivity contribution in [2.75, 3.05) is 7.11 Å². The molecule has 1 heterocycles. The van der Waals surface area contributed by atoms with E-state index in [4.69, 9.17) is 9.15 Å². The zero-order valence-corrected chi connectivity index (χ0v) is 11.4. The molecular formula is C15H16O4. The predicted octanol–water partition coefficient (Wildman–Crippen LogP) is 3.17. The van der Waals surface area contributed by atoms with Crippen molar-refractivity contribution in [3.05, 3.63) is 17.4 Å². The van der Waals surface area contributed by atoms with Crippen LogP contribution in [-0.4, -0.2) is 17.3 Å². The number of fused-ring (bicyclic) bond motifs is 1. The molecule has 0 aliphatic carbocycles. The Morgan fingerprint density at radius 2 is 1.95 bits per heavy atom. The van der Waals surface area contributed by atoms with E-state index < -0.39 is 0 Å². The molecule has 0 atom stereocenters. The molecule has 1 aromatic carbocycles. The Bertz CT molecular complexity index is 684. The molecule has 0 aliphatic heterocycles. The third kappa shape index (κ3) is 2.08. The van der Waals surface area contributed by atoms with E-state index in [2.05, 4.69) is 11.8 Å². The lowest BCUT2D eigenvalue weighted by molar-refractivity contribution is 0.366. The molecule has 4 heteroatoms. The van der Waals surface area contributed by atoms with Crippen LogP contribution in [0.3, 0.4) is 0 Å². The molecule has 0 spiro atoms. The third-order valence-electron chi connectivity index (χ3n) is 2.80. The molecule has 0 radical (unpaired) electrons. The van der Waals surface area contributed by atoms with Crippen LogP contribution in [0.1, 0.15) is 25.0 Å². The molecule has 4 nitrogen and oxygen atoms in total. The van der Waals surface area contributed by atoms with Crippen LogP contribution in [0.15, 0.2) is 10.7 Å². The molecule has 0 saturated carbocycles. The molecule has 0 aliphatic rings. The monoisotopic (exact) mass is 260 g/mol. The summed E-state index contributed by atoms with van der Waals surface area (Å²) >= 11 is 0. The number of furan rings is 1. The van der Waals surface area contributed by atoms with Crippen LogP contribution < -0.4 is 4.74 Å². The predicted molar refractivity (Wildman–Crippen MR) is 72.5 cm³/mol. The summed E-state index contributed by atoms with van der Waals surface area (Å²) in [7, 11) is 1.41. The zero-order valence-electron chi connectivity index (χ0n) is 11.4. The fourth-order valence-corrected chi connectivity index (χ4v) is 1.90. The third-order valence-corrected chi connectivity index (χ3v) is 2.80. The number of ether oxygens (including phenoxy) is 1. The van der Waals surface area contributed by atoms with Crippen LogP contribution in [0.25, 0.3) is 11.0 Å². The standard InChI is InChI=1S/C15H16O4/c1-8(2)5-6-10-12(16)11-9(3)7-19-15(11)13(17)14(10)18-4/h7-8,16-17H,1-4H3. The second kappa shape index (κ2) is 4.77. The second-order valence-corrected chi connectivity index (χ2v) is 4.65. The van der Waals surface area contributed by atoms with E-state index in [1.54, 1.807) is 6.92 Å². The minimum Gasteiger partial charge on any atom is -0.506 e. The average Bonchev–Trinajstić information content (AvgIpc) is 2.74. The summed E-state index contributed by atoms with van der Waals surface area (Å²) in [6.45, 7) is 5.67. The van der Waals surface area contributed by atoms with Gasteiger partial charge in [0, 0.05) is 5.92 Å². The van der Waals surface area contributed by atoms with E-state index in [0.29, 0.717) is 5.39 Å². The fraction of sp³-hybridized carbons (Fsp3) is 0.333. The van der Waals surface area contributed by atoms with E-state index in [9.17, 15) is 10.2 Å². The van der Waals surface area contributed by atoms with Crippen molar-refractivity contribution in [1.29, 1.82) is 0 Å². The number of hydrogen-bond acceptors (Lipinski definition) is 4. The largest absolute Gasteiger partial charge is 0.506 e. The first kappa shape index (κ1) is 13.2. The average molecular weight is 260 g/mol. The van der Waals surface area contributed by atoms with E-state index in [0.717, 1.165) is 5.56 Å². The summed E-state index contributed by atoms with van der Waals surface area (Å²) in [5, 5.41) is 20.9. The summed E-state index contributed by atoms with van der Waals surface area (Å²) in [5.41, 5.74) is 1.23. The van der Waals surface area contributed by atoms with Gasteiger partial charge in [-0.2, -0.15) is 0 Å².